The van der Waals surface area contributed by atoms with Crippen LogP contribution in [0.1, 0.15) is 45.8 Å². The first-order chi connectivity index (χ1) is 18.4. The Balaban J connectivity index is 1.22. The standard InChI is InChI=1S/C31H28Cl3N3O/c1-20-2-9-29(36-31(38)24-10-13-35-30(34)17-24)27(16-20)23-11-14-37(15-12-23)19-21-3-5-22(6-4-21)26-8-7-25(32)18-28(26)33/h2-10,13,16-18,23H,11-12,14-15,19H2,1H3,(H,36,38). The zero-order chi connectivity index (χ0) is 26.6. The van der Waals surface area contributed by atoms with E-state index in [9.17, 15) is 4.79 Å². The van der Waals surface area contributed by atoms with E-state index < -0.39 is 0 Å². The molecule has 0 atom stereocenters. The summed E-state index contributed by atoms with van der Waals surface area (Å²) in [6, 6.07) is 23.7. The van der Waals surface area contributed by atoms with E-state index in [1.165, 1.54) is 16.7 Å². The van der Waals surface area contributed by atoms with Gasteiger partial charge in [-0.1, -0.05) is 82.8 Å². The first-order valence-electron chi connectivity index (χ1n) is 12.7. The van der Waals surface area contributed by atoms with Crippen LogP contribution < -0.4 is 5.32 Å². The first kappa shape index (κ1) is 26.7. The molecule has 194 valence electrons. The molecule has 1 fully saturated rings. The maximum Gasteiger partial charge on any atom is 0.255 e. The number of benzene rings is 3. The summed E-state index contributed by atoms with van der Waals surface area (Å²) in [6.07, 6.45) is 3.61. The summed E-state index contributed by atoms with van der Waals surface area (Å²) < 4.78 is 0. The number of amides is 1. The van der Waals surface area contributed by atoms with Crippen LogP contribution in [0.4, 0.5) is 5.69 Å². The summed E-state index contributed by atoms with van der Waals surface area (Å²) in [7, 11) is 0. The summed E-state index contributed by atoms with van der Waals surface area (Å²) in [5.74, 6) is 0.206. The van der Waals surface area contributed by atoms with Gasteiger partial charge in [-0.15, -0.1) is 0 Å². The van der Waals surface area contributed by atoms with Gasteiger partial charge in [0.25, 0.3) is 5.91 Å². The van der Waals surface area contributed by atoms with Crippen LogP contribution in [-0.2, 0) is 6.54 Å². The third-order valence-corrected chi connectivity index (χ3v) is 7.83. The zero-order valence-corrected chi connectivity index (χ0v) is 23.3. The normalized spacial score (nSPS) is 14.4. The maximum atomic E-state index is 12.9. The second-order valence-corrected chi connectivity index (χ2v) is 11.0. The van der Waals surface area contributed by atoms with E-state index in [0.717, 1.165) is 49.3 Å². The van der Waals surface area contributed by atoms with Crippen molar-refractivity contribution in [3.63, 3.8) is 0 Å². The highest BCUT2D eigenvalue weighted by Crippen LogP contribution is 2.35. The molecule has 0 radical (unpaired) electrons. The number of likely N-dealkylation sites (tertiary alicyclic amines) is 1. The van der Waals surface area contributed by atoms with Crippen LogP contribution >= 0.6 is 34.8 Å². The molecule has 3 aromatic carbocycles. The van der Waals surface area contributed by atoms with Gasteiger partial charge in [0.2, 0.25) is 0 Å². The lowest BCUT2D eigenvalue weighted by Crippen LogP contribution is -2.32. The Hall–Kier alpha value is -2.89. The summed E-state index contributed by atoms with van der Waals surface area (Å²) >= 11 is 18.4. The minimum absolute atomic E-state index is 0.180. The number of aromatic nitrogens is 1. The molecule has 0 aliphatic carbocycles. The van der Waals surface area contributed by atoms with Crippen molar-refractivity contribution in [2.75, 3.05) is 18.4 Å². The number of rotatable bonds is 6. The van der Waals surface area contributed by atoms with E-state index in [1.807, 2.05) is 24.3 Å². The molecule has 5 rings (SSSR count). The average Bonchev–Trinajstić information content (AvgIpc) is 2.91. The van der Waals surface area contributed by atoms with Gasteiger partial charge in [-0.3, -0.25) is 9.69 Å². The van der Waals surface area contributed by atoms with Crippen molar-refractivity contribution in [1.82, 2.24) is 9.88 Å². The molecule has 38 heavy (non-hydrogen) atoms. The van der Waals surface area contributed by atoms with Crippen molar-refractivity contribution in [3.8, 4) is 11.1 Å². The summed E-state index contributed by atoms with van der Waals surface area (Å²) in [4.78, 5) is 19.3. The molecule has 1 N–H and O–H groups in total. The molecule has 0 saturated carbocycles. The van der Waals surface area contributed by atoms with Crippen molar-refractivity contribution in [3.05, 3.63) is 116 Å². The number of piperidine rings is 1. The van der Waals surface area contributed by atoms with E-state index in [-0.39, 0.29) is 5.91 Å². The van der Waals surface area contributed by atoms with Gasteiger partial charge in [0, 0.05) is 39.6 Å². The van der Waals surface area contributed by atoms with Gasteiger partial charge in [-0.2, -0.15) is 0 Å². The second kappa shape index (κ2) is 11.9. The Morgan fingerprint density at radius 2 is 1.71 bits per heavy atom. The lowest BCUT2D eigenvalue weighted by atomic mass is 9.87. The van der Waals surface area contributed by atoms with Gasteiger partial charge in [0.05, 0.1) is 0 Å². The summed E-state index contributed by atoms with van der Waals surface area (Å²) in [5.41, 5.74) is 7.08. The maximum absolute atomic E-state index is 12.9. The molecule has 1 aliphatic rings. The number of carbonyl (C=O) groups excluding carboxylic acids is 1. The Morgan fingerprint density at radius 3 is 2.42 bits per heavy atom. The van der Waals surface area contributed by atoms with Crippen LogP contribution in [0.25, 0.3) is 11.1 Å². The number of nitrogens with zero attached hydrogens (tertiary/aromatic N) is 2. The van der Waals surface area contributed by atoms with Crippen molar-refractivity contribution in [1.29, 1.82) is 0 Å². The Kier molecular flexibility index (Phi) is 8.35. The second-order valence-electron chi connectivity index (χ2n) is 9.78. The lowest BCUT2D eigenvalue weighted by molar-refractivity contribution is 0.102. The first-order valence-corrected chi connectivity index (χ1v) is 13.8. The zero-order valence-electron chi connectivity index (χ0n) is 21.1. The van der Waals surface area contributed by atoms with Crippen LogP contribution in [0, 0.1) is 6.92 Å². The fraction of sp³-hybridized carbons (Fsp3) is 0.226. The van der Waals surface area contributed by atoms with Gasteiger partial charge in [-0.05, 0) is 85.8 Å². The number of halogens is 3. The molecular formula is C31H28Cl3N3O. The molecule has 1 saturated heterocycles. The third kappa shape index (κ3) is 6.39. The smallest absolute Gasteiger partial charge is 0.255 e. The molecule has 2 heterocycles. The van der Waals surface area contributed by atoms with Gasteiger partial charge >= 0.3 is 0 Å². The third-order valence-electron chi connectivity index (χ3n) is 7.07. The molecular weight excluding hydrogens is 537 g/mol. The SMILES string of the molecule is Cc1ccc(NC(=O)c2ccnc(Cl)c2)c(C2CCN(Cc3ccc(-c4ccc(Cl)cc4Cl)cc3)CC2)c1. The highest BCUT2D eigenvalue weighted by molar-refractivity contribution is 6.36. The largest absolute Gasteiger partial charge is 0.322 e. The van der Waals surface area contributed by atoms with Crippen molar-refractivity contribution >= 4 is 46.4 Å². The average molecular weight is 565 g/mol. The Bertz CT molecular complexity index is 1450. The van der Waals surface area contributed by atoms with Crippen LogP contribution in [0.15, 0.2) is 79.0 Å². The lowest BCUT2D eigenvalue weighted by Gasteiger charge is -2.33. The number of hydrogen-bond donors (Lipinski definition) is 1. The fourth-order valence-electron chi connectivity index (χ4n) is 5.05. The number of aryl methyl sites for hydroxylation is 1. The number of nitrogens with one attached hydrogen (secondary N) is 1. The van der Waals surface area contributed by atoms with Crippen LogP contribution in [0.3, 0.4) is 0 Å². The molecule has 1 aromatic heterocycles. The van der Waals surface area contributed by atoms with Crippen molar-refractivity contribution < 1.29 is 4.79 Å². The number of hydrogen-bond acceptors (Lipinski definition) is 3. The fourth-order valence-corrected chi connectivity index (χ4v) is 5.74. The highest BCUT2D eigenvalue weighted by atomic mass is 35.5. The molecule has 0 spiro atoms. The molecule has 4 nitrogen and oxygen atoms in total. The Morgan fingerprint density at radius 1 is 0.947 bits per heavy atom. The molecule has 0 bridgehead atoms. The van der Waals surface area contributed by atoms with E-state index >= 15 is 0 Å². The highest BCUT2D eigenvalue weighted by Gasteiger charge is 2.24. The summed E-state index contributed by atoms with van der Waals surface area (Å²) in [6.45, 7) is 4.99. The van der Waals surface area contributed by atoms with E-state index in [1.54, 1.807) is 24.4 Å². The van der Waals surface area contributed by atoms with Gasteiger partial charge < -0.3 is 5.32 Å². The van der Waals surface area contributed by atoms with Crippen LogP contribution in [-0.4, -0.2) is 28.9 Å². The number of carbonyl (C=O) groups is 1. The van der Waals surface area contributed by atoms with Gasteiger partial charge in [0.15, 0.2) is 0 Å². The van der Waals surface area contributed by atoms with E-state index in [0.29, 0.717) is 26.7 Å². The van der Waals surface area contributed by atoms with Gasteiger partial charge in [0.1, 0.15) is 5.15 Å². The predicted octanol–water partition coefficient (Wildman–Crippen LogP) is 8.65. The number of anilines is 1. The molecule has 4 aromatic rings. The molecule has 0 unspecified atom stereocenters. The summed E-state index contributed by atoms with van der Waals surface area (Å²) in [5, 5.41) is 4.70. The Labute approximate surface area is 238 Å². The van der Waals surface area contributed by atoms with Crippen molar-refractivity contribution in [2.45, 2.75) is 32.2 Å². The van der Waals surface area contributed by atoms with E-state index in [4.69, 9.17) is 34.8 Å². The van der Waals surface area contributed by atoms with Crippen molar-refractivity contribution in [2.24, 2.45) is 0 Å². The molecule has 1 amide bonds. The number of pyridine rings is 1. The quantitative estimate of drug-likeness (QED) is 0.238. The molecule has 7 heteroatoms. The van der Waals surface area contributed by atoms with Crippen LogP contribution in [0.2, 0.25) is 15.2 Å². The minimum atomic E-state index is -0.180. The van der Waals surface area contributed by atoms with Gasteiger partial charge in [-0.25, -0.2) is 4.98 Å². The molecule has 1 aliphatic heterocycles. The monoisotopic (exact) mass is 563 g/mol. The van der Waals surface area contributed by atoms with E-state index in [2.05, 4.69) is 52.5 Å². The van der Waals surface area contributed by atoms with Crippen LogP contribution in [0.5, 0.6) is 0 Å². The predicted molar refractivity (Wildman–Crippen MR) is 158 cm³/mol. The minimum Gasteiger partial charge on any atom is -0.322 e. The topological polar surface area (TPSA) is 45.2 Å².